The lowest BCUT2D eigenvalue weighted by molar-refractivity contribution is 1.41. The van der Waals surface area contributed by atoms with Gasteiger partial charge in [-0.1, -0.05) is 35.9 Å². The number of hydrazine groups is 1. The predicted molar refractivity (Wildman–Crippen MR) is 65.1 cm³/mol. The zero-order valence-electron chi connectivity index (χ0n) is 8.07. The van der Waals surface area contributed by atoms with Crippen LogP contribution in [-0.2, 0) is 0 Å². The lowest BCUT2D eigenvalue weighted by atomic mass is 10.3. The second kappa shape index (κ2) is 4.71. The molecule has 0 heterocycles. The summed E-state index contributed by atoms with van der Waals surface area (Å²) in [5, 5.41) is 0.717. The van der Waals surface area contributed by atoms with Gasteiger partial charge in [-0.15, -0.1) is 0 Å². The van der Waals surface area contributed by atoms with Crippen LogP contribution in [0, 0.1) is 0 Å². The molecule has 0 aliphatic carbocycles. The van der Waals surface area contributed by atoms with E-state index in [0.717, 1.165) is 16.4 Å². The highest BCUT2D eigenvalue weighted by atomic mass is 35.5. The van der Waals surface area contributed by atoms with Crippen LogP contribution in [0.5, 0.6) is 0 Å². The summed E-state index contributed by atoms with van der Waals surface area (Å²) in [7, 11) is 0. The fraction of sp³-hybridized carbons (Fsp3) is 0. The molecular weight excluding hydrogens is 208 g/mol. The molecule has 2 aromatic carbocycles. The van der Waals surface area contributed by atoms with Crippen LogP contribution in [0.15, 0.2) is 54.6 Å². The van der Waals surface area contributed by atoms with Gasteiger partial charge in [0.1, 0.15) is 0 Å². The zero-order chi connectivity index (χ0) is 10.5. The number of hydrogen-bond donors (Lipinski definition) is 2. The van der Waals surface area contributed by atoms with E-state index < -0.39 is 0 Å². The molecule has 0 saturated heterocycles. The van der Waals surface area contributed by atoms with Crippen molar-refractivity contribution < 1.29 is 0 Å². The van der Waals surface area contributed by atoms with Crippen molar-refractivity contribution in [2.45, 2.75) is 0 Å². The van der Waals surface area contributed by atoms with E-state index in [9.17, 15) is 0 Å². The molecule has 2 rings (SSSR count). The number of nitrogens with one attached hydrogen (secondary N) is 2. The maximum atomic E-state index is 5.86. The first-order valence-corrected chi connectivity index (χ1v) is 5.05. The topological polar surface area (TPSA) is 24.1 Å². The number of halogens is 1. The molecule has 0 radical (unpaired) electrons. The van der Waals surface area contributed by atoms with Gasteiger partial charge in [-0.05, 0) is 30.3 Å². The number of hydrogen-bond acceptors (Lipinski definition) is 2. The van der Waals surface area contributed by atoms with Crippen molar-refractivity contribution in [2.75, 3.05) is 10.9 Å². The minimum atomic E-state index is 0.717. The van der Waals surface area contributed by atoms with Crippen molar-refractivity contribution in [2.24, 2.45) is 0 Å². The van der Waals surface area contributed by atoms with Crippen LogP contribution in [0.3, 0.4) is 0 Å². The summed E-state index contributed by atoms with van der Waals surface area (Å²) in [6, 6.07) is 17.4. The first-order chi connectivity index (χ1) is 7.34. The summed E-state index contributed by atoms with van der Waals surface area (Å²) in [6.07, 6.45) is 0. The average molecular weight is 219 g/mol. The van der Waals surface area contributed by atoms with Gasteiger partial charge in [-0.25, -0.2) is 0 Å². The van der Waals surface area contributed by atoms with Crippen LogP contribution in [0.1, 0.15) is 0 Å². The Morgan fingerprint density at radius 2 is 1.40 bits per heavy atom. The van der Waals surface area contributed by atoms with Crippen molar-refractivity contribution in [1.82, 2.24) is 0 Å². The van der Waals surface area contributed by atoms with Gasteiger partial charge in [-0.2, -0.15) is 0 Å². The van der Waals surface area contributed by atoms with Crippen LogP contribution < -0.4 is 10.9 Å². The van der Waals surface area contributed by atoms with Crippen LogP contribution in [0.4, 0.5) is 11.4 Å². The van der Waals surface area contributed by atoms with E-state index in [4.69, 9.17) is 11.6 Å². The third-order valence-electron chi connectivity index (χ3n) is 1.95. The van der Waals surface area contributed by atoms with Crippen LogP contribution in [0.2, 0.25) is 5.02 Å². The second-order valence-corrected chi connectivity index (χ2v) is 3.56. The summed E-state index contributed by atoms with van der Waals surface area (Å²) in [4.78, 5) is 0. The van der Waals surface area contributed by atoms with Crippen molar-refractivity contribution >= 4 is 23.0 Å². The largest absolute Gasteiger partial charge is 0.301 e. The SMILES string of the molecule is Clc1cccc(NNc2ccccc2)c1. The van der Waals surface area contributed by atoms with Gasteiger partial charge in [0, 0.05) is 5.02 Å². The van der Waals surface area contributed by atoms with Crippen LogP contribution >= 0.6 is 11.6 Å². The van der Waals surface area contributed by atoms with Crippen LogP contribution in [0.25, 0.3) is 0 Å². The van der Waals surface area contributed by atoms with E-state index in [1.165, 1.54) is 0 Å². The highest BCUT2D eigenvalue weighted by Crippen LogP contribution is 2.15. The lowest BCUT2D eigenvalue weighted by Gasteiger charge is -2.09. The predicted octanol–water partition coefficient (Wildman–Crippen LogP) is 3.78. The summed E-state index contributed by atoms with van der Waals surface area (Å²) >= 11 is 5.86. The summed E-state index contributed by atoms with van der Waals surface area (Å²) in [5.74, 6) is 0. The Morgan fingerprint density at radius 1 is 0.733 bits per heavy atom. The van der Waals surface area contributed by atoms with Crippen molar-refractivity contribution in [3.63, 3.8) is 0 Å². The van der Waals surface area contributed by atoms with Crippen molar-refractivity contribution in [3.05, 3.63) is 59.6 Å². The van der Waals surface area contributed by atoms with Gasteiger partial charge in [-0.3, -0.25) is 0 Å². The van der Waals surface area contributed by atoms with E-state index in [1.54, 1.807) is 0 Å². The lowest BCUT2D eigenvalue weighted by Crippen LogP contribution is -2.07. The molecule has 0 atom stereocenters. The Morgan fingerprint density at radius 3 is 2.13 bits per heavy atom. The third-order valence-corrected chi connectivity index (χ3v) is 2.18. The normalized spacial score (nSPS) is 9.67. The second-order valence-electron chi connectivity index (χ2n) is 3.13. The standard InChI is InChI=1S/C12H11ClN2/c13-10-5-4-8-12(9-10)15-14-11-6-2-1-3-7-11/h1-9,14-15H. The number of benzene rings is 2. The van der Waals surface area contributed by atoms with E-state index in [0.29, 0.717) is 0 Å². The van der Waals surface area contributed by atoms with Gasteiger partial charge in [0.2, 0.25) is 0 Å². The number of anilines is 2. The summed E-state index contributed by atoms with van der Waals surface area (Å²) in [5.41, 5.74) is 8.09. The van der Waals surface area contributed by atoms with Gasteiger partial charge in [0.15, 0.2) is 0 Å². The quantitative estimate of drug-likeness (QED) is 0.767. The number of para-hydroxylation sites is 1. The highest BCUT2D eigenvalue weighted by Gasteiger charge is 1.92. The zero-order valence-corrected chi connectivity index (χ0v) is 8.83. The molecule has 0 fully saturated rings. The van der Waals surface area contributed by atoms with E-state index in [2.05, 4.69) is 10.9 Å². The van der Waals surface area contributed by atoms with E-state index >= 15 is 0 Å². The van der Waals surface area contributed by atoms with Gasteiger partial charge in [0.05, 0.1) is 11.4 Å². The number of rotatable bonds is 3. The molecule has 15 heavy (non-hydrogen) atoms. The molecule has 76 valence electrons. The van der Waals surface area contributed by atoms with Gasteiger partial charge >= 0.3 is 0 Å². The Balaban J connectivity index is 1.99. The summed E-state index contributed by atoms with van der Waals surface area (Å²) < 4.78 is 0. The van der Waals surface area contributed by atoms with Gasteiger partial charge < -0.3 is 10.9 Å². The van der Waals surface area contributed by atoms with E-state index in [1.807, 2.05) is 54.6 Å². The van der Waals surface area contributed by atoms with E-state index in [-0.39, 0.29) is 0 Å². The average Bonchev–Trinajstić information content (AvgIpc) is 2.28. The Labute approximate surface area is 93.9 Å². The van der Waals surface area contributed by atoms with Crippen molar-refractivity contribution in [1.29, 1.82) is 0 Å². The first-order valence-electron chi connectivity index (χ1n) is 4.67. The molecule has 3 heteroatoms. The first kappa shape index (κ1) is 9.87. The molecule has 0 spiro atoms. The Bertz CT molecular complexity index is 429. The molecule has 0 aliphatic heterocycles. The minimum Gasteiger partial charge on any atom is -0.301 e. The fourth-order valence-corrected chi connectivity index (χ4v) is 1.42. The fourth-order valence-electron chi connectivity index (χ4n) is 1.23. The summed E-state index contributed by atoms with van der Waals surface area (Å²) in [6.45, 7) is 0. The molecule has 0 aliphatic rings. The molecule has 2 nitrogen and oxygen atoms in total. The molecular formula is C12H11ClN2. The Hall–Kier alpha value is -1.67. The van der Waals surface area contributed by atoms with Crippen molar-refractivity contribution in [3.8, 4) is 0 Å². The molecule has 2 aromatic rings. The maximum Gasteiger partial charge on any atom is 0.0554 e. The van der Waals surface area contributed by atoms with Crippen LogP contribution in [-0.4, -0.2) is 0 Å². The minimum absolute atomic E-state index is 0.717. The monoisotopic (exact) mass is 218 g/mol. The highest BCUT2D eigenvalue weighted by molar-refractivity contribution is 6.30. The molecule has 0 saturated carbocycles. The maximum absolute atomic E-state index is 5.86. The third kappa shape index (κ3) is 2.89. The molecule has 0 unspecified atom stereocenters. The molecule has 0 bridgehead atoms. The van der Waals surface area contributed by atoms with Gasteiger partial charge in [0.25, 0.3) is 0 Å². The Kier molecular flexibility index (Phi) is 3.10. The molecule has 0 amide bonds. The molecule has 0 aromatic heterocycles. The molecule has 2 N–H and O–H groups in total. The smallest absolute Gasteiger partial charge is 0.0554 e.